The number of amides is 1. The number of hydrogen-bond donors (Lipinski definition) is 0. The summed E-state index contributed by atoms with van der Waals surface area (Å²) < 4.78 is 13.9. The molecule has 1 aliphatic rings. The van der Waals surface area contributed by atoms with Gasteiger partial charge in [-0.25, -0.2) is 4.39 Å². The van der Waals surface area contributed by atoms with Crippen LogP contribution in [-0.4, -0.2) is 42.2 Å². The highest BCUT2D eigenvalue weighted by Gasteiger charge is 2.27. The molecule has 1 heterocycles. The number of carbonyl (C=O) groups is 1. The van der Waals surface area contributed by atoms with E-state index in [0.29, 0.717) is 5.56 Å². The monoisotopic (exact) mass is 372 g/mol. The topological polar surface area (TPSA) is 23.6 Å². The van der Waals surface area contributed by atoms with Gasteiger partial charge >= 0.3 is 0 Å². The van der Waals surface area contributed by atoms with Gasteiger partial charge in [0.25, 0.3) is 0 Å². The molecule has 2 aromatic rings. The van der Waals surface area contributed by atoms with Gasteiger partial charge in [0.2, 0.25) is 5.91 Å². The van der Waals surface area contributed by atoms with Crippen molar-refractivity contribution in [2.45, 2.75) is 24.3 Å². The Bertz CT molecular complexity index is 732. The highest BCUT2D eigenvalue weighted by Crippen LogP contribution is 2.34. The van der Waals surface area contributed by atoms with E-state index in [1.54, 1.807) is 12.1 Å². The number of anilines is 1. The van der Waals surface area contributed by atoms with E-state index in [0.717, 1.165) is 26.2 Å². The second-order valence-corrected chi connectivity index (χ2v) is 8.28. The summed E-state index contributed by atoms with van der Waals surface area (Å²) in [4.78, 5) is 17.0. The van der Waals surface area contributed by atoms with Gasteiger partial charge in [-0.1, -0.05) is 36.4 Å². The Morgan fingerprint density at radius 2 is 1.58 bits per heavy atom. The number of piperazine rings is 1. The lowest BCUT2D eigenvalue weighted by molar-refractivity contribution is -0.130. The van der Waals surface area contributed by atoms with Crippen molar-refractivity contribution >= 4 is 23.4 Å². The largest absolute Gasteiger partial charge is 0.368 e. The molecule has 138 valence electrons. The van der Waals surface area contributed by atoms with Crippen LogP contribution in [0, 0.1) is 5.82 Å². The number of nitrogens with zero attached hydrogens (tertiary/aromatic N) is 2. The van der Waals surface area contributed by atoms with Gasteiger partial charge in [-0.2, -0.15) is 0 Å². The Kier molecular flexibility index (Phi) is 6.20. The van der Waals surface area contributed by atoms with E-state index in [1.165, 1.54) is 23.5 Å². The number of rotatable bonds is 5. The molecule has 1 saturated heterocycles. The fourth-order valence-corrected chi connectivity index (χ4v) is 4.54. The van der Waals surface area contributed by atoms with E-state index in [2.05, 4.69) is 17.0 Å². The van der Waals surface area contributed by atoms with E-state index in [-0.39, 0.29) is 22.2 Å². The molecule has 1 fully saturated rings. The molecule has 0 saturated carbocycles. The van der Waals surface area contributed by atoms with E-state index in [9.17, 15) is 9.18 Å². The van der Waals surface area contributed by atoms with Crippen molar-refractivity contribution in [1.82, 2.24) is 4.90 Å². The van der Waals surface area contributed by atoms with Gasteiger partial charge in [0, 0.05) is 42.7 Å². The molecule has 26 heavy (non-hydrogen) atoms. The second-order valence-electron chi connectivity index (χ2n) is 6.59. The molecule has 2 aromatic carbocycles. The number of carbonyl (C=O) groups excluding carboxylic acids is 1. The van der Waals surface area contributed by atoms with Crippen LogP contribution >= 0.6 is 11.8 Å². The van der Waals surface area contributed by atoms with Crippen LogP contribution in [0.1, 0.15) is 24.7 Å². The maximum absolute atomic E-state index is 13.9. The molecule has 5 heteroatoms. The van der Waals surface area contributed by atoms with Gasteiger partial charge in [0.1, 0.15) is 5.82 Å². The zero-order valence-corrected chi connectivity index (χ0v) is 16.1. The Balaban J connectivity index is 1.54. The summed E-state index contributed by atoms with van der Waals surface area (Å²) in [5.41, 5.74) is 1.86. The minimum Gasteiger partial charge on any atom is -0.368 e. The molecule has 0 aromatic heterocycles. The summed E-state index contributed by atoms with van der Waals surface area (Å²) in [6, 6.07) is 17.1. The van der Waals surface area contributed by atoms with Crippen molar-refractivity contribution in [1.29, 1.82) is 0 Å². The third kappa shape index (κ3) is 4.39. The number of halogens is 1. The van der Waals surface area contributed by atoms with Crippen LogP contribution in [0.2, 0.25) is 0 Å². The number of para-hydroxylation sites is 1. The highest BCUT2D eigenvalue weighted by molar-refractivity contribution is 8.00. The summed E-state index contributed by atoms with van der Waals surface area (Å²) in [5.74, 6) is -0.0606. The Labute approximate surface area is 159 Å². The molecular formula is C21H25FN2OS. The van der Waals surface area contributed by atoms with Crippen LogP contribution < -0.4 is 4.90 Å². The van der Waals surface area contributed by atoms with E-state index in [4.69, 9.17) is 0 Å². The minimum absolute atomic E-state index is 0.0549. The van der Waals surface area contributed by atoms with Crippen LogP contribution in [0.3, 0.4) is 0 Å². The van der Waals surface area contributed by atoms with Gasteiger partial charge in [-0.3, -0.25) is 4.79 Å². The third-order valence-corrected chi connectivity index (χ3v) is 6.08. The fraction of sp³-hybridized carbons (Fsp3) is 0.381. The third-order valence-electron chi connectivity index (χ3n) is 4.81. The number of hydrogen-bond acceptors (Lipinski definition) is 3. The first-order valence-corrected chi connectivity index (χ1v) is 9.99. The molecule has 1 amide bonds. The molecule has 0 bridgehead atoms. The van der Waals surface area contributed by atoms with Crippen LogP contribution in [0.15, 0.2) is 54.6 Å². The second kappa shape index (κ2) is 8.58. The van der Waals surface area contributed by atoms with Crippen molar-refractivity contribution in [2.75, 3.05) is 31.1 Å². The van der Waals surface area contributed by atoms with Gasteiger partial charge in [0.15, 0.2) is 0 Å². The summed E-state index contributed by atoms with van der Waals surface area (Å²) in [5, 5.41) is -0.242. The molecule has 3 nitrogen and oxygen atoms in total. The maximum Gasteiger partial charge on any atom is 0.235 e. The molecule has 1 aliphatic heterocycles. The predicted octanol–water partition coefficient (Wildman–Crippen LogP) is 4.36. The first-order chi connectivity index (χ1) is 12.6. The van der Waals surface area contributed by atoms with Crippen LogP contribution in [0.25, 0.3) is 0 Å². The standard InChI is InChI=1S/C21H25FN2OS/c1-16(19-10-6-7-11-20(19)22)26-17(2)21(25)24-14-12-23(13-15-24)18-8-4-3-5-9-18/h3-11,16-17H,12-15H2,1-2H3. The smallest absolute Gasteiger partial charge is 0.235 e. The van der Waals surface area contributed by atoms with Crippen molar-refractivity contribution in [3.05, 3.63) is 66.0 Å². The Hall–Kier alpha value is -2.01. The molecule has 2 unspecified atom stereocenters. The van der Waals surface area contributed by atoms with Crippen molar-refractivity contribution in [3.8, 4) is 0 Å². The molecule has 0 radical (unpaired) electrons. The van der Waals surface area contributed by atoms with Gasteiger partial charge in [-0.05, 0) is 32.0 Å². The molecular weight excluding hydrogens is 347 g/mol. The van der Waals surface area contributed by atoms with Gasteiger partial charge in [0.05, 0.1) is 5.25 Å². The lowest BCUT2D eigenvalue weighted by Gasteiger charge is -2.37. The first kappa shape index (κ1) is 18.8. The van der Waals surface area contributed by atoms with Crippen LogP contribution in [0.5, 0.6) is 0 Å². The lowest BCUT2D eigenvalue weighted by atomic mass is 10.1. The summed E-state index contributed by atoms with van der Waals surface area (Å²) in [6.45, 7) is 7.03. The fourth-order valence-electron chi connectivity index (χ4n) is 3.32. The first-order valence-electron chi connectivity index (χ1n) is 9.05. The van der Waals surface area contributed by atoms with E-state index < -0.39 is 0 Å². The summed E-state index contributed by atoms with van der Waals surface area (Å²) in [7, 11) is 0. The zero-order valence-electron chi connectivity index (χ0n) is 15.3. The lowest BCUT2D eigenvalue weighted by Crippen LogP contribution is -2.50. The maximum atomic E-state index is 13.9. The van der Waals surface area contributed by atoms with Gasteiger partial charge < -0.3 is 9.80 Å². The van der Waals surface area contributed by atoms with Crippen molar-refractivity contribution in [3.63, 3.8) is 0 Å². The summed E-state index contributed by atoms with van der Waals surface area (Å²) in [6.07, 6.45) is 0. The molecule has 0 aliphatic carbocycles. The van der Waals surface area contributed by atoms with Gasteiger partial charge in [-0.15, -0.1) is 11.8 Å². The average molecular weight is 373 g/mol. The van der Waals surface area contributed by atoms with Crippen molar-refractivity contribution < 1.29 is 9.18 Å². The Morgan fingerprint density at radius 1 is 0.962 bits per heavy atom. The molecule has 0 spiro atoms. The van der Waals surface area contributed by atoms with Crippen LogP contribution in [-0.2, 0) is 4.79 Å². The normalized spacial score (nSPS) is 17.0. The average Bonchev–Trinajstić information content (AvgIpc) is 2.68. The van der Waals surface area contributed by atoms with E-state index in [1.807, 2.05) is 43.0 Å². The number of thioether (sulfide) groups is 1. The summed E-state index contributed by atoms with van der Waals surface area (Å²) >= 11 is 1.52. The van der Waals surface area contributed by atoms with Crippen molar-refractivity contribution in [2.24, 2.45) is 0 Å². The zero-order chi connectivity index (χ0) is 18.5. The van der Waals surface area contributed by atoms with Crippen LogP contribution in [0.4, 0.5) is 10.1 Å². The minimum atomic E-state index is -0.205. The molecule has 2 atom stereocenters. The highest BCUT2D eigenvalue weighted by atomic mass is 32.2. The SMILES string of the molecule is CC(SC(C)c1ccccc1F)C(=O)N1CCN(c2ccccc2)CC1. The quantitative estimate of drug-likeness (QED) is 0.779. The Morgan fingerprint density at radius 3 is 2.23 bits per heavy atom. The predicted molar refractivity (Wildman–Crippen MR) is 107 cm³/mol. The molecule has 0 N–H and O–H groups in total. The molecule has 3 rings (SSSR count). The number of benzene rings is 2. The van der Waals surface area contributed by atoms with E-state index >= 15 is 0 Å².